The molecule has 1 atom stereocenters. The van der Waals surface area contributed by atoms with Crippen LogP contribution in [0.2, 0.25) is 5.02 Å². The zero-order chi connectivity index (χ0) is 15.4. The van der Waals surface area contributed by atoms with Gasteiger partial charge in [-0.15, -0.1) is 11.3 Å². The van der Waals surface area contributed by atoms with Crippen molar-refractivity contribution >= 4 is 28.1 Å². The van der Waals surface area contributed by atoms with Gasteiger partial charge in [0.1, 0.15) is 0 Å². The number of benzene rings is 1. The van der Waals surface area contributed by atoms with E-state index < -0.39 is 0 Å². The lowest BCUT2D eigenvalue weighted by molar-refractivity contribution is 0.728. The van der Waals surface area contributed by atoms with Gasteiger partial charge in [-0.05, 0) is 32.0 Å². The highest BCUT2D eigenvalue weighted by Gasteiger charge is 2.18. The minimum absolute atomic E-state index is 0.191. The average molecular weight is 324 g/mol. The molecule has 2 aromatic rings. The summed E-state index contributed by atoms with van der Waals surface area (Å²) in [4.78, 5) is 8.19. The van der Waals surface area contributed by atoms with Crippen molar-refractivity contribution in [3.05, 3.63) is 45.4 Å². The number of thiazole rings is 1. The Morgan fingerprint density at radius 1 is 1.38 bits per heavy atom. The predicted octanol–water partition coefficient (Wildman–Crippen LogP) is 4.41. The molecule has 1 heterocycles. The van der Waals surface area contributed by atoms with Gasteiger partial charge in [-0.3, -0.25) is 0 Å². The Bertz CT molecular complexity index is 597. The third-order valence-corrected chi connectivity index (χ3v) is 5.25. The molecule has 1 unspecified atom stereocenters. The number of hydrogen-bond acceptors (Lipinski definition) is 4. The number of anilines is 1. The second-order valence-corrected chi connectivity index (χ2v) is 6.56. The molecular weight excluding hydrogens is 302 g/mol. The maximum atomic E-state index is 6.30. The summed E-state index contributed by atoms with van der Waals surface area (Å²) in [6.07, 6.45) is 0. The van der Waals surface area contributed by atoms with Crippen molar-refractivity contribution in [3.8, 4) is 0 Å². The van der Waals surface area contributed by atoms with E-state index in [1.807, 2.05) is 18.2 Å². The van der Waals surface area contributed by atoms with Gasteiger partial charge in [0.2, 0.25) is 0 Å². The fraction of sp³-hybridized carbons (Fsp3) is 0.438. The van der Waals surface area contributed by atoms with E-state index >= 15 is 0 Å². The lowest BCUT2D eigenvalue weighted by atomic mass is 10.1. The molecule has 0 amide bonds. The number of aromatic nitrogens is 1. The minimum atomic E-state index is 0.191. The molecule has 0 aliphatic carbocycles. The molecule has 0 saturated carbocycles. The molecule has 1 aromatic heterocycles. The van der Waals surface area contributed by atoms with Crippen molar-refractivity contribution in [2.45, 2.75) is 33.4 Å². The Hall–Kier alpha value is -1.10. The van der Waals surface area contributed by atoms with Crippen LogP contribution in [0, 0.1) is 6.92 Å². The van der Waals surface area contributed by atoms with Crippen molar-refractivity contribution in [1.82, 2.24) is 10.3 Å². The molecule has 0 saturated heterocycles. The summed E-state index contributed by atoms with van der Waals surface area (Å²) in [6.45, 7) is 8.19. The largest absolute Gasteiger partial charge is 0.344 e. The quantitative estimate of drug-likeness (QED) is 0.853. The summed E-state index contributed by atoms with van der Waals surface area (Å²) in [6, 6.07) is 8.18. The maximum Gasteiger partial charge on any atom is 0.186 e. The van der Waals surface area contributed by atoms with Crippen molar-refractivity contribution in [2.24, 2.45) is 0 Å². The zero-order valence-electron chi connectivity index (χ0n) is 13.0. The second-order valence-electron chi connectivity index (χ2n) is 5.09. The fourth-order valence-electron chi connectivity index (χ4n) is 2.15. The summed E-state index contributed by atoms with van der Waals surface area (Å²) >= 11 is 8.05. The number of aryl methyl sites for hydroxylation is 1. The monoisotopic (exact) mass is 323 g/mol. The standard InChI is InChI=1S/C16H22ClN3S/c1-5-18-10-15-11(2)19-16(21-15)20(4)12(3)13-8-6-7-9-14(13)17/h6-9,12,18H,5,10H2,1-4H3. The van der Waals surface area contributed by atoms with Crippen LogP contribution in [0.1, 0.15) is 36.0 Å². The van der Waals surface area contributed by atoms with E-state index in [2.05, 4.69) is 44.1 Å². The van der Waals surface area contributed by atoms with Gasteiger partial charge in [-0.25, -0.2) is 4.98 Å². The van der Waals surface area contributed by atoms with Gasteiger partial charge in [0.25, 0.3) is 0 Å². The highest BCUT2D eigenvalue weighted by molar-refractivity contribution is 7.15. The molecule has 0 radical (unpaired) electrons. The van der Waals surface area contributed by atoms with E-state index in [9.17, 15) is 0 Å². The number of nitrogens with zero attached hydrogens (tertiary/aromatic N) is 2. The molecule has 0 aliphatic heterocycles. The highest BCUT2D eigenvalue weighted by Crippen LogP contribution is 2.33. The number of hydrogen-bond donors (Lipinski definition) is 1. The van der Waals surface area contributed by atoms with Crippen LogP contribution in [0.5, 0.6) is 0 Å². The topological polar surface area (TPSA) is 28.2 Å². The third kappa shape index (κ3) is 3.76. The normalized spacial score (nSPS) is 12.4. The van der Waals surface area contributed by atoms with Gasteiger partial charge in [0.15, 0.2) is 5.13 Å². The number of nitrogens with one attached hydrogen (secondary N) is 1. The van der Waals surface area contributed by atoms with Crippen LogP contribution >= 0.6 is 22.9 Å². The first-order valence-corrected chi connectivity index (χ1v) is 8.38. The molecule has 3 nitrogen and oxygen atoms in total. The van der Waals surface area contributed by atoms with Crippen LogP contribution in [0.4, 0.5) is 5.13 Å². The SMILES string of the molecule is CCNCc1sc(N(C)C(C)c2ccccc2Cl)nc1C. The van der Waals surface area contributed by atoms with Crippen LogP contribution in [0.25, 0.3) is 0 Å². The van der Waals surface area contributed by atoms with Gasteiger partial charge in [-0.2, -0.15) is 0 Å². The molecule has 1 aromatic carbocycles. The first-order valence-electron chi connectivity index (χ1n) is 7.18. The molecule has 0 bridgehead atoms. The number of rotatable bonds is 6. The second kappa shape index (κ2) is 7.25. The van der Waals surface area contributed by atoms with Gasteiger partial charge >= 0.3 is 0 Å². The third-order valence-electron chi connectivity index (χ3n) is 3.65. The van der Waals surface area contributed by atoms with Crippen LogP contribution in [-0.4, -0.2) is 18.6 Å². The van der Waals surface area contributed by atoms with E-state index in [1.54, 1.807) is 11.3 Å². The molecule has 0 fully saturated rings. The maximum absolute atomic E-state index is 6.30. The Kier molecular flexibility index (Phi) is 5.62. The van der Waals surface area contributed by atoms with Gasteiger partial charge in [0.05, 0.1) is 11.7 Å². The zero-order valence-corrected chi connectivity index (χ0v) is 14.6. The number of halogens is 1. The van der Waals surface area contributed by atoms with E-state index in [0.29, 0.717) is 0 Å². The average Bonchev–Trinajstić information content (AvgIpc) is 2.85. The lowest BCUT2D eigenvalue weighted by Gasteiger charge is -2.25. The van der Waals surface area contributed by atoms with Crippen LogP contribution in [-0.2, 0) is 6.54 Å². The summed E-state index contributed by atoms with van der Waals surface area (Å²) in [5, 5.41) is 5.20. The van der Waals surface area contributed by atoms with Crippen LogP contribution in [0.15, 0.2) is 24.3 Å². The highest BCUT2D eigenvalue weighted by atomic mass is 35.5. The molecule has 0 spiro atoms. The molecule has 2 rings (SSSR count). The summed E-state index contributed by atoms with van der Waals surface area (Å²) < 4.78 is 0. The van der Waals surface area contributed by atoms with Crippen molar-refractivity contribution in [2.75, 3.05) is 18.5 Å². The molecule has 21 heavy (non-hydrogen) atoms. The van der Waals surface area contributed by atoms with E-state index in [4.69, 9.17) is 16.6 Å². The Labute approximate surface area is 136 Å². The van der Waals surface area contributed by atoms with Crippen LogP contribution < -0.4 is 10.2 Å². The first kappa shape index (κ1) is 16.3. The predicted molar refractivity (Wildman–Crippen MR) is 92.5 cm³/mol. The molecular formula is C16H22ClN3S. The Morgan fingerprint density at radius 2 is 2.10 bits per heavy atom. The Balaban J connectivity index is 2.19. The molecule has 1 N–H and O–H groups in total. The fourth-order valence-corrected chi connectivity index (χ4v) is 3.52. The lowest BCUT2D eigenvalue weighted by Crippen LogP contribution is -2.21. The van der Waals surface area contributed by atoms with Gasteiger partial charge < -0.3 is 10.2 Å². The van der Waals surface area contributed by atoms with E-state index in [0.717, 1.165) is 34.5 Å². The smallest absolute Gasteiger partial charge is 0.186 e. The molecule has 0 aliphatic rings. The molecule has 114 valence electrons. The van der Waals surface area contributed by atoms with Crippen LogP contribution in [0.3, 0.4) is 0 Å². The van der Waals surface area contributed by atoms with Gasteiger partial charge in [-0.1, -0.05) is 36.7 Å². The summed E-state index contributed by atoms with van der Waals surface area (Å²) in [7, 11) is 2.07. The van der Waals surface area contributed by atoms with E-state index in [1.165, 1.54) is 4.88 Å². The molecule has 5 heteroatoms. The van der Waals surface area contributed by atoms with E-state index in [-0.39, 0.29) is 6.04 Å². The minimum Gasteiger partial charge on any atom is -0.344 e. The van der Waals surface area contributed by atoms with Gasteiger partial charge in [0, 0.05) is 23.5 Å². The van der Waals surface area contributed by atoms with Crippen molar-refractivity contribution in [3.63, 3.8) is 0 Å². The van der Waals surface area contributed by atoms with Crippen molar-refractivity contribution < 1.29 is 0 Å². The summed E-state index contributed by atoms with van der Waals surface area (Å²) in [5.74, 6) is 0. The summed E-state index contributed by atoms with van der Waals surface area (Å²) in [5.41, 5.74) is 2.23. The first-order chi connectivity index (χ1) is 10.0. The Morgan fingerprint density at radius 3 is 2.76 bits per heavy atom. The van der Waals surface area contributed by atoms with Crippen molar-refractivity contribution in [1.29, 1.82) is 0 Å².